The van der Waals surface area contributed by atoms with Gasteiger partial charge < -0.3 is 19.8 Å². The lowest BCUT2D eigenvalue weighted by molar-refractivity contribution is -0.0375. The molecule has 1 aromatic carbocycles. The summed E-state index contributed by atoms with van der Waals surface area (Å²) in [6, 6.07) is 0. The van der Waals surface area contributed by atoms with Crippen LogP contribution in [0.4, 0.5) is 5.82 Å². The summed E-state index contributed by atoms with van der Waals surface area (Å²) in [4.78, 5) is 16.3. The van der Waals surface area contributed by atoms with Crippen LogP contribution < -0.4 is 11.4 Å². The van der Waals surface area contributed by atoms with Gasteiger partial charge in [0, 0.05) is 18.2 Å². The Bertz CT molecular complexity index is 1080. The average Bonchev–Trinajstić information content (AvgIpc) is 3.36. The second kappa shape index (κ2) is 23.4. The van der Waals surface area contributed by atoms with E-state index in [1.807, 2.05) is 69.2 Å². The molecule has 1 aromatic heterocycles. The van der Waals surface area contributed by atoms with Crippen LogP contribution in [-0.4, -0.2) is 33.5 Å². The lowest BCUT2D eigenvalue weighted by Crippen LogP contribution is -2.29. The SMILES string of the molecule is CC.CC.CC.CC.CC.Cc1c(C)c(C)c(C#Cc2cn(C3C[C@@H](O)C(COS)O3)c(=O)nc2N)c(C)c1C. The molecule has 0 bridgehead atoms. The zero-order valence-corrected chi connectivity index (χ0v) is 28.7. The molecule has 0 amide bonds. The van der Waals surface area contributed by atoms with Crippen molar-refractivity contribution in [3.8, 4) is 11.8 Å². The molecule has 3 atom stereocenters. The molecule has 3 N–H and O–H groups in total. The van der Waals surface area contributed by atoms with E-state index >= 15 is 0 Å². The molecular weight excluding hydrogens is 522 g/mol. The van der Waals surface area contributed by atoms with Crippen molar-refractivity contribution in [2.75, 3.05) is 12.3 Å². The fourth-order valence-corrected chi connectivity index (χ4v) is 3.86. The molecule has 230 valence electrons. The van der Waals surface area contributed by atoms with Gasteiger partial charge in [-0.05, 0) is 75.3 Å². The van der Waals surface area contributed by atoms with E-state index in [0.29, 0.717) is 5.56 Å². The zero-order chi connectivity index (χ0) is 32.2. The third-order valence-corrected chi connectivity index (χ3v) is 6.21. The second-order valence-corrected chi connectivity index (χ2v) is 7.97. The van der Waals surface area contributed by atoms with E-state index in [-0.39, 0.29) is 18.8 Å². The van der Waals surface area contributed by atoms with Crippen LogP contribution in [-0.2, 0) is 8.92 Å². The fourth-order valence-electron chi connectivity index (χ4n) is 3.71. The van der Waals surface area contributed by atoms with E-state index in [0.717, 1.165) is 16.7 Å². The summed E-state index contributed by atoms with van der Waals surface area (Å²) in [6.07, 6.45) is -0.256. The molecule has 1 saturated heterocycles. The first kappa shape index (κ1) is 42.2. The van der Waals surface area contributed by atoms with E-state index < -0.39 is 24.1 Å². The largest absolute Gasteiger partial charge is 0.390 e. The Hall–Kier alpha value is -2.31. The lowest BCUT2D eigenvalue weighted by atomic mass is 9.90. The molecule has 2 aromatic rings. The molecule has 40 heavy (non-hydrogen) atoms. The molecule has 1 aliphatic rings. The molecular formula is C32H57N3O4S. The van der Waals surface area contributed by atoms with E-state index in [1.165, 1.54) is 27.5 Å². The molecule has 8 heteroatoms. The predicted octanol–water partition coefficient (Wildman–Crippen LogP) is 7.41. The van der Waals surface area contributed by atoms with Crippen LogP contribution in [0.1, 0.15) is 121 Å². The first-order valence-electron chi connectivity index (χ1n) is 14.7. The van der Waals surface area contributed by atoms with Crippen molar-refractivity contribution >= 4 is 18.7 Å². The van der Waals surface area contributed by atoms with Crippen LogP contribution in [0.2, 0.25) is 0 Å². The molecule has 7 nitrogen and oxygen atoms in total. The zero-order valence-electron chi connectivity index (χ0n) is 27.8. The second-order valence-electron chi connectivity index (χ2n) is 7.71. The van der Waals surface area contributed by atoms with Gasteiger partial charge in [0.2, 0.25) is 0 Å². The average molecular weight is 580 g/mol. The van der Waals surface area contributed by atoms with Crippen molar-refractivity contribution in [2.45, 2.75) is 129 Å². The Labute approximate surface area is 250 Å². The van der Waals surface area contributed by atoms with E-state index in [4.69, 9.17) is 14.7 Å². The highest BCUT2D eigenvalue weighted by Crippen LogP contribution is 2.29. The number of nitrogens with two attached hydrogens (primary N) is 1. The van der Waals surface area contributed by atoms with Crippen molar-refractivity contribution in [3.63, 3.8) is 0 Å². The highest BCUT2D eigenvalue weighted by atomic mass is 32.1. The van der Waals surface area contributed by atoms with Crippen LogP contribution in [0.5, 0.6) is 0 Å². The van der Waals surface area contributed by atoms with Crippen LogP contribution in [0.3, 0.4) is 0 Å². The molecule has 2 unspecified atom stereocenters. The third kappa shape index (κ3) is 11.3. The van der Waals surface area contributed by atoms with Gasteiger partial charge >= 0.3 is 5.69 Å². The standard InChI is InChI=1S/C22H27N3O4S.5C2H6/c1-11-12(2)14(4)17(15(5)13(11)3)7-6-16-9-25(22(27)24-21(16)23)20-8-18(26)19(29-20)10-28-30;5*1-2/h9,18-20,26,30H,8,10H2,1-5H3,(H2,23,24,27);5*1-2H3/t18-,19?,20?;;;;;/m1...../s1. The predicted molar refractivity (Wildman–Crippen MR) is 175 cm³/mol. The number of benzene rings is 1. The van der Waals surface area contributed by atoms with Gasteiger partial charge in [-0.3, -0.25) is 4.57 Å². The molecule has 0 aliphatic carbocycles. The number of anilines is 1. The van der Waals surface area contributed by atoms with Gasteiger partial charge in [0.1, 0.15) is 18.1 Å². The van der Waals surface area contributed by atoms with Crippen molar-refractivity contribution in [2.24, 2.45) is 0 Å². The van der Waals surface area contributed by atoms with Gasteiger partial charge in [-0.15, -0.1) is 0 Å². The number of aliphatic hydroxyl groups is 1. The van der Waals surface area contributed by atoms with Gasteiger partial charge in [0.25, 0.3) is 0 Å². The third-order valence-electron chi connectivity index (χ3n) is 6.06. The number of rotatable bonds is 3. The number of nitrogen functional groups attached to an aromatic ring is 1. The monoisotopic (exact) mass is 579 g/mol. The Morgan fingerprint density at radius 2 is 1.38 bits per heavy atom. The van der Waals surface area contributed by atoms with E-state index in [1.54, 1.807) is 0 Å². The quantitative estimate of drug-likeness (QED) is 0.199. The van der Waals surface area contributed by atoms with Crippen LogP contribution in [0.15, 0.2) is 11.0 Å². The van der Waals surface area contributed by atoms with Gasteiger partial charge in [0.05, 0.1) is 18.3 Å². The summed E-state index contributed by atoms with van der Waals surface area (Å²) in [5.41, 5.74) is 12.7. The van der Waals surface area contributed by atoms with Gasteiger partial charge in [-0.25, -0.2) is 4.79 Å². The topological polar surface area (TPSA) is 99.6 Å². The van der Waals surface area contributed by atoms with Crippen molar-refractivity contribution in [1.82, 2.24) is 9.55 Å². The summed E-state index contributed by atoms with van der Waals surface area (Å²) in [5.74, 6) is 6.35. The van der Waals surface area contributed by atoms with Gasteiger partial charge in [-0.1, -0.05) is 81.1 Å². The number of nitrogens with zero attached hydrogens (tertiary/aromatic N) is 2. The Morgan fingerprint density at radius 1 is 0.925 bits per heavy atom. The van der Waals surface area contributed by atoms with Gasteiger partial charge in [-0.2, -0.15) is 4.98 Å². The Balaban J connectivity index is -0.00000123. The van der Waals surface area contributed by atoms with Crippen molar-refractivity contribution < 1.29 is 14.0 Å². The maximum absolute atomic E-state index is 12.4. The molecule has 1 fully saturated rings. The molecule has 0 saturated carbocycles. The van der Waals surface area contributed by atoms with Crippen molar-refractivity contribution in [3.05, 3.63) is 55.6 Å². The number of aromatic nitrogens is 2. The minimum atomic E-state index is -0.773. The number of aliphatic hydroxyl groups excluding tert-OH is 1. The Morgan fingerprint density at radius 3 is 1.82 bits per heavy atom. The minimum Gasteiger partial charge on any atom is -0.390 e. The van der Waals surface area contributed by atoms with Crippen LogP contribution >= 0.6 is 12.9 Å². The maximum atomic E-state index is 12.4. The normalized spacial score (nSPS) is 16.4. The number of ether oxygens (including phenoxy) is 1. The Kier molecular flexibility index (Phi) is 24.7. The molecule has 1 aliphatic heterocycles. The maximum Gasteiger partial charge on any atom is 0.351 e. The van der Waals surface area contributed by atoms with Crippen molar-refractivity contribution in [1.29, 1.82) is 0 Å². The molecule has 0 spiro atoms. The first-order chi connectivity index (χ1) is 19.1. The van der Waals surface area contributed by atoms with E-state index in [2.05, 4.69) is 64.4 Å². The molecule has 0 radical (unpaired) electrons. The number of thiol groups is 1. The van der Waals surface area contributed by atoms with Gasteiger partial charge in [0.15, 0.2) is 0 Å². The summed E-state index contributed by atoms with van der Waals surface area (Å²) >= 11 is 3.70. The molecule has 3 rings (SSSR count). The van der Waals surface area contributed by atoms with Crippen LogP contribution in [0.25, 0.3) is 0 Å². The lowest BCUT2D eigenvalue weighted by Gasteiger charge is -2.16. The highest BCUT2D eigenvalue weighted by molar-refractivity contribution is 7.75. The van der Waals surface area contributed by atoms with E-state index in [9.17, 15) is 9.90 Å². The summed E-state index contributed by atoms with van der Waals surface area (Å²) in [6.45, 7) is 30.5. The first-order valence-corrected chi connectivity index (χ1v) is 15.1. The highest BCUT2D eigenvalue weighted by Gasteiger charge is 2.35. The summed E-state index contributed by atoms with van der Waals surface area (Å²) in [7, 11) is 0. The number of hydrogen-bond donors (Lipinski definition) is 3. The summed E-state index contributed by atoms with van der Waals surface area (Å²) < 4.78 is 11.8. The molecule has 2 heterocycles. The van der Waals surface area contributed by atoms with Crippen LogP contribution in [0, 0.1) is 46.5 Å². The smallest absolute Gasteiger partial charge is 0.351 e. The minimum absolute atomic E-state index is 0.0633. The fraction of sp³-hybridized carbons (Fsp3) is 0.625. The summed E-state index contributed by atoms with van der Waals surface area (Å²) in [5, 5.41) is 10.1. The number of hydrogen-bond acceptors (Lipinski definition) is 7.